The lowest BCUT2D eigenvalue weighted by atomic mass is 10.1. The Balaban J connectivity index is 4.20. The Kier molecular flexibility index (Phi) is 9.07. The minimum absolute atomic E-state index is 0.0655. The largest absolute Gasteiger partial charge is 0.548 e. The van der Waals surface area contributed by atoms with Crippen molar-refractivity contribution in [1.82, 2.24) is 5.32 Å². The summed E-state index contributed by atoms with van der Waals surface area (Å²) in [6.07, 6.45) is -0.185. The van der Waals surface area contributed by atoms with E-state index < -0.39 is 29.9 Å². The number of nitrogens with zero attached hydrogens (tertiary/aromatic N) is 1. The van der Waals surface area contributed by atoms with Crippen LogP contribution in [0, 0.1) is 0 Å². The van der Waals surface area contributed by atoms with Crippen molar-refractivity contribution in [3.05, 3.63) is 0 Å². The van der Waals surface area contributed by atoms with Gasteiger partial charge in [0, 0.05) is 18.2 Å². The van der Waals surface area contributed by atoms with Gasteiger partial charge in [0.15, 0.2) is 0 Å². The lowest BCUT2D eigenvalue weighted by Crippen LogP contribution is -2.46. The third-order valence-electron chi connectivity index (χ3n) is 2.79. The van der Waals surface area contributed by atoms with Crippen LogP contribution >= 0.6 is 12.6 Å². The number of rotatable bonds is 10. The van der Waals surface area contributed by atoms with Crippen LogP contribution in [0.15, 0.2) is 0 Å². The molecule has 2 atom stereocenters. The summed E-state index contributed by atoms with van der Waals surface area (Å²) in [6.45, 7) is 0.873. The van der Waals surface area contributed by atoms with Crippen molar-refractivity contribution in [2.24, 2.45) is 5.73 Å². The van der Waals surface area contributed by atoms with Gasteiger partial charge in [-0.2, -0.15) is 12.6 Å². The number of nitrogens with two attached hydrogens (primary N) is 1. The Labute approximate surface area is 136 Å². The molecule has 128 valence electrons. The van der Waals surface area contributed by atoms with E-state index >= 15 is 0 Å². The second-order valence-corrected chi connectivity index (χ2v) is 6.31. The standard InChI is InChI=1S/C13H25N3O5S/c1-16(2,3)6-7-21-13(20)10(8-22)15-11(17)5-4-9(14)12(18)19/h9-10H,4-8,14H2,1-3H3,(H2-,15,17,18,19,22)/t9-,10-/m0/s1. The predicted molar refractivity (Wildman–Crippen MR) is 81.9 cm³/mol. The number of thiol groups is 1. The minimum atomic E-state index is -1.42. The zero-order valence-corrected chi connectivity index (χ0v) is 14.1. The van der Waals surface area contributed by atoms with Crippen LogP contribution in [0.5, 0.6) is 0 Å². The highest BCUT2D eigenvalue weighted by molar-refractivity contribution is 7.80. The number of likely N-dealkylation sites (N-methyl/N-ethyl adjacent to an activating group) is 1. The number of quaternary nitrogens is 1. The summed E-state index contributed by atoms with van der Waals surface area (Å²) >= 11 is 4.00. The smallest absolute Gasteiger partial charge is 0.329 e. The van der Waals surface area contributed by atoms with Gasteiger partial charge in [-0.3, -0.25) is 4.79 Å². The van der Waals surface area contributed by atoms with E-state index in [1.165, 1.54) is 0 Å². The number of carboxylic acid groups (broad SMARTS) is 1. The van der Waals surface area contributed by atoms with Gasteiger partial charge in [0.05, 0.1) is 27.1 Å². The number of esters is 1. The average molecular weight is 335 g/mol. The average Bonchev–Trinajstić information content (AvgIpc) is 2.40. The van der Waals surface area contributed by atoms with Gasteiger partial charge in [-0.25, -0.2) is 4.79 Å². The monoisotopic (exact) mass is 335 g/mol. The van der Waals surface area contributed by atoms with Crippen LogP contribution in [-0.2, 0) is 19.1 Å². The quantitative estimate of drug-likeness (QED) is 0.231. The first-order chi connectivity index (χ1) is 10.1. The highest BCUT2D eigenvalue weighted by Gasteiger charge is 2.22. The van der Waals surface area contributed by atoms with Crippen LogP contribution in [-0.4, -0.2) is 74.5 Å². The second-order valence-electron chi connectivity index (χ2n) is 5.95. The summed E-state index contributed by atoms with van der Waals surface area (Å²) in [6, 6.07) is -2.08. The molecule has 0 spiro atoms. The number of amides is 1. The van der Waals surface area contributed by atoms with E-state index in [0.29, 0.717) is 11.0 Å². The second kappa shape index (κ2) is 9.65. The topological polar surface area (TPSA) is 122 Å². The molecule has 22 heavy (non-hydrogen) atoms. The van der Waals surface area contributed by atoms with Gasteiger partial charge in [-0.15, -0.1) is 0 Å². The molecular formula is C13H25N3O5S. The first-order valence-electron chi connectivity index (χ1n) is 6.90. The van der Waals surface area contributed by atoms with Crippen LogP contribution in [0.1, 0.15) is 12.8 Å². The highest BCUT2D eigenvalue weighted by Crippen LogP contribution is 1.99. The van der Waals surface area contributed by atoms with Crippen LogP contribution in [0.3, 0.4) is 0 Å². The molecule has 0 bridgehead atoms. The third kappa shape index (κ3) is 9.59. The number of carbonyl (C=O) groups excluding carboxylic acids is 3. The normalized spacial score (nSPS) is 14.0. The number of hydrogen-bond donors (Lipinski definition) is 3. The molecule has 0 aromatic heterocycles. The number of aliphatic carboxylic acids is 1. The first-order valence-corrected chi connectivity index (χ1v) is 7.54. The van der Waals surface area contributed by atoms with Gasteiger partial charge in [-0.1, -0.05) is 0 Å². The molecule has 0 saturated heterocycles. The number of hydrogen-bond acceptors (Lipinski definition) is 7. The molecule has 0 aromatic rings. The molecule has 0 aliphatic rings. The Bertz CT molecular complexity index is 398. The molecule has 0 fully saturated rings. The van der Waals surface area contributed by atoms with E-state index in [0.717, 1.165) is 0 Å². The summed E-state index contributed by atoms with van der Waals surface area (Å²) in [4.78, 5) is 33.9. The van der Waals surface area contributed by atoms with Crippen LogP contribution < -0.4 is 16.2 Å². The molecule has 8 nitrogen and oxygen atoms in total. The molecule has 0 radical (unpaired) electrons. The van der Waals surface area contributed by atoms with Crippen molar-refractivity contribution < 1.29 is 28.7 Å². The molecule has 3 N–H and O–H groups in total. The van der Waals surface area contributed by atoms with Crippen molar-refractivity contribution in [2.75, 3.05) is 40.0 Å². The molecular weight excluding hydrogens is 310 g/mol. The predicted octanol–water partition coefficient (Wildman–Crippen LogP) is -2.49. The van der Waals surface area contributed by atoms with Crippen LogP contribution in [0.25, 0.3) is 0 Å². The summed E-state index contributed by atoms with van der Waals surface area (Å²) in [5.41, 5.74) is 5.24. The molecule has 0 saturated carbocycles. The van der Waals surface area contributed by atoms with Crippen molar-refractivity contribution in [3.63, 3.8) is 0 Å². The molecule has 0 unspecified atom stereocenters. The fraction of sp³-hybridized carbons (Fsp3) is 0.769. The van der Waals surface area contributed by atoms with Gasteiger partial charge >= 0.3 is 5.97 Å². The van der Waals surface area contributed by atoms with E-state index in [2.05, 4.69) is 17.9 Å². The summed E-state index contributed by atoms with van der Waals surface area (Å²) < 4.78 is 5.73. The number of carbonyl (C=O) groups is 3. The van der Waals surface area contributed by atoms with Crippen molar-refractivity contribution in [2.45, 2.75) is 24.9 Å². The van der Waals surface area contributed by atoms with E-state index in [1.807, 2.05) is 21.1 Å². The maximum absolute atomic E-state index is 11.8. The molecule has 9 heteroatoms. The highest BCUT2D eigenvalue weighted by atomic mass is 32.1. The molecule has 0 aliphatic carbocycles. The Morgan fingerprint density at radius 3 is 2.36 bits per heavy atom. The number of ether oxygens (including phenoxy) is 1. The van der Waals surface area contributed by atoms with E-state index in [-0.39, 0.29) is 25.2 Å². The Hall–Kier alpha value is -1.32. The summed E-state index contributed by atoms with van der Waals surface area (Å²) in [7, 11) is 5.89. The number of nitrogens with one attached hydrogen (secondary N) is 1. The molecule has 0 aromatic carbocycles. The Morgan fingerprint density at radius 2 is 1.91 bits per heavy atom. The van der Waals surface area contributed by atoms with Crippen molar-refractivity contribution >= 4 is 30.5 Å². The fourth-order valence-electron chi connectivity index (χ4n) is 1.37. The van der Waals surface area contributed by atoms with E-state index in [1.54, 1.807) is 0 Å². The summed E-state index contributed by atoms with van der Waals surface area (Å²) in [5.74, 6) is -2.39. The van der Waals surface area contributed by atoms with Crippen LogP contribution in [0.4, 0.5) is 0 Å². The van der Waals surface area contributed by atoms with Gasteiger partial charge in [-0.05, 0) is 6.42 Å². The fourth-order valence-corrected chi connectivity index (χ4v) is 1.61. The Morgan fingerprint density at radius 1 is 1.32 bits per heavy atom. The molecule has 0 rings (SSSR count). The van der Waals surface area contributed by atoms with E-state index in [9.17, 15) is 19.5 Å². The first kappa shape index (κ1) is 20.7. The molecule has 0 heterocycles. The van der Waals surface area contributed by atoms with Crippen molar-refractivity contribution in [3.8, 4) is 0 Å². The summed E-state index contributed by atoms with van der Waals surface area (Å²) in [5, 5.41) is 12.9. The van der Waals surface area contributed by atoms with Crippen molar-refractivity contribution in [1.29, 1.82) is 0 Å². The lowest BCUT2D eigenvalue weighted by molar-refractivity contribution is -0.870. The zero-order valence-electron chi connectivity index (χ0n) is 13.2. The lowest BCUT2D eigenvalue weighted by Gasteiger charge is -2.24. The van der Waals surface area contributed by atoms with E-state index in [4.69, 9.17) is 10.5 Å². The maximum Gasteiger partial charge on any atom is 0.329 e. The molecule has 1 amide bonds. The van der Waals surface area contributed by atoms with Gasteiger partial charge in [0.25, 0.3) is 0 Å². The molecule has 0 aliphatic heterocycles. The zero-order chi connectivity index (χ0) is 17.3. The van der Waals surface area contributed by atoms with Crippen LogP contribution in [0.2, 0.25) is 0 Å². The van der Waals surface area contributed by atoms with Gasteiger partial charge < -0.3 is 30.2 Å². The van der Waals surface area contributed by atoms with Gasteiger partial charge in [0.2, 0.25) is 5.91 Å². The maximum atomic E-state index is 11.8. The minimum Gasteiger partial charge on any atom is -0.548 e. The SMILES string of the molecule is C[N+](C)(C)CCOC(=O)[C@H](CS)NC(=O)CC[C@H](N)C(=O)[O-]. The van der Waals surface area contributed by atoms with Gasteiger partial charge in [0.1, 0.15) is 19.2 Å². The third-order valence-corrected chi connectivity index (χ3v) is 3.16. The number of carboxylic acids is 1.